The van der Waals surface area contributed by atoms with E-state index >= 15 is 0 Å². The molecule has 130 valence electrons. The third-order valence-corrected chi connectivity index (χ3v) is 3.79. The first-order valence-corrected chi connectivity index (χ1v) is 7.94. The zero-order valence-corrected chi connectivity index (χ0v) is 13.6. The second-order valence-corrected chi connectivity index (χ2v) is 6.06. The van der Waals surface area contributed by atoms with E-state index in [1.165, 1.54) is 0 Å². The summed E-state index contributed by atoms with van der Waals surface area (Å²) in [6.45, 7) is 3.84. The van der Waals surface area contributed by atoms with E-state index in [0.717, 1.165) is 25.7 Å². The number of carbonyl (C=O) groups is 4. The van der Waals surface area contributed by atoms with Gasteiger partial charge in [0.15, 0.2) is 0 Å². The average molecular weight is 327 g/mol. The molecule has 0 aromatic rings. The van der Waals surface area contributed by atoms with E-state index in [9.17, 15) is 19.2 Å². The van der Waals surface area contributed by atoms with Gasteiger partial charge in [0, 0.05) is 6.54 Å². The van der Waals surface area contributed by atoms with Gasteiger partial charge in [0.25, 0.3) is 5.91 Å². The summed E-state index contributed by atoms with van der Waals surface area (Å²) in [6.07, 6.45) is 2.47. The Morgan fingerprint density at radius 3 is 2.43 bits per heavy atom. The van der Waals surface area contributed by atoms with Gasteiger partial charge in [-0.3, -0.25) is 14.4 Å². The molecular formula is C15H25N3O5. The molecule has 4 N–H and O–H groups in total. The van der Waals surface area contributed by atoms with Crippen molar-refractivity contribution in [3.8, 4) is 0 Å². The highest BCUT2D eigenvalue weighted by molar-refractivity contribution is 6.38. The van der Waals surface area contributed by atoms with E-state index in [4.69, 9.17) is 5.11 Å². The molecule has 0 spiro atoms. The highest BCUT2D eigenvalue weighted by Gasteiger charge is 2.31. The van der Waals surface area contributed by atoms with E-state index in [1.54, 1.807) is 13.8 Å². The Hall–Kier alpha value is -2.12. The molecule has 1 heterocycles. The van der Waals surface area contributed by atoms with Gasteiger partial charge in [0.05, 0.1) is 6.04 Å². The highest BCUT2D eigenvalue weighted by Crippen LogP contribution is 2.10. The maximum Gasteiger partial charge on any atom is 0.405 e. The fraction of sp³-hybridized carbons (Fsp3) is 0.733. The molecule has 23 heavy (non-hydrogen) atoms. The van der Waals surface area contributed by atoms with Crippen LogP contribution in [0.15, 0.2) is 0 Å². The average Bonchev–Trinajstić information content (AvgIpc) is 2.48. The van der Waals surface area contributed by atoms with Gasteiger partial charge in [-0.25, -0.2) is 4.79 Å². The molecular weight excluding hydrogens is 302 g/mol. The summed E-state index contributed by atoms with van der Waals surface area (Å²) in [6, 6.07) is -1.89. The summed E-state index contributed by atoms with van der Waals surface area (Å²) in [7, 11) is 0. The lowest BCUT2D eigenvalue weighted by Gasteiger charge is -2.24. The molecule has 3 amide bonds. The lowest BCUT2D eigenvalue weighted by Crippen LogP contribution is -2.55. The van der Waals surface area contributed by atoms with Crippen molar-refractivity contribution in [1.82, 2.24) is 16.0 Å². The smallest absolute Gasteiger partial charge is 0.405 e. The summed E-state index contributed by atoms with van der Waals surface area (Å²) in [5.74, 6) is -2.26. The van der Waals surface area contributed by atoms with Crippen LogP contribution in [0.5, 0.6) is 0 Å². The van der Waals surface area contributed by atoms with E-state index in [1.807, 2.05) is 0 Å². The zero-order chi connectivity index (χ0) is 17.4. The first-order valence-electron chi connectivity index (χ1n) is 7.94. The quantitative estimate of drug-likeness (QED) is 0.557. The molecule has 1 rings (SSSR count). The lowest BCUT2D eigenvalue weighted by atomic mass is 9.99. The number of nitrogens with one attached hydrogen (secondary N) is 3. The number of amides is 3. The summed E-state index contributed by atoms with van der Waals surface area (Å²) in [4.78, 5) is 47.0. The van der Waals surface area contributed by atoms with Gasteiger partial charge in [-0.2, -0.15) is 0 Å². The highest BCUT2D eigenvalue weighted by atomic mass is 16.4. The van der Waals surface area contributed by atoms with Crippen molar-refractivity contribution >= 4 is 23.7 Å². The largest absolute Gasteiger partial charge is 0.465 e. The number of carboxylic acid groups (broad SMARTS) is 1. The SMILES string of the molecule is CC(C)C(NC(=O)O)C(=O)N[C@H]1CCCCCCNC(=O)C1=O. The van der Waals surface area contributed by atoms with Crippen LogP contribution < -0.4 is 16.0 Å². The van der Waals surface area contributed by atoms with Crippen molar-refractivity contribution in [1.29, 1.82) is 0 Å². The van der Waals surface area contributed by atoms with Gasteiger partial charge < -0.3 is 21.1 Å². The molecule has 1 saturated heterocycles. The minimum atomic E-state index is -1.31. The predicted molar refractivity (Wildman–Crippen MR) is 82.8 cm³/mol. The first kappa shape index (κ1) is 18.9. The predicted octanol–water partition coefficient (Wildman–Crippen LogP) is 0.413. The molecule has 8 nitrogen and oxygen atoms in total. The molecule has 0 bridgehead atoms. The molecule has 0 radical (unpaired) electrons. The maximum absolute atomic E-state index is 12.3. The monoisotopic (exact) mass is 327 g/mol. The number of Topliss-reactive ketones (excluding diaryl/α,β-unsaturated/α-hetero) is 1. The fourth-order valence-electron chi connectivity index (χ4n) is 2.47. The Morgan fingerprint density at radius 2 is 1.83 bits per heavy atom. The second kappa shape index (κ2) is 9.12. The number of carbonyl (C=O) groups excluding carboxylic acids is 3. The van der Waals surface area contributed by atoms with Crippen LogP contribution in [0.3, 0.4) is 0 Å². The van der Waals surface area contributed by atoms with Crippen LogP contribution in [0.4, 0.5) is 4.79 Å². The van der Waals surface area contributed by atoms with Gasteiger partial charge in [-0.05, 0) is 18.8 Å². The minimum absolute atomic E-state index is 0.283. The third-order valence-electron chi connectivity index (χ3n) is 3.79. The molecule has 2 atom stereocenters. The number of hydrogen-bond donors (Lipinski definition) is 4. The van der Waals surface area contributed by atoms with Crippen LogP contribution in [0.25, 0.3) is 0 Å². The van der Waals surface area contributed by atoms with Crippen molar-refractivity contribution in [2.24, 2.45) is 5.92 Å². The Labute approximate surface area is 135 Å². The molecule has 8 heteroatoms. The number of hydrogen-bond acceptors (Lipinski definition) is 4. The molecule has 0 saturated carbocycles. The van der Waals surface area contributed by atoms with Crippen LogP contribution in [0.2, 0.25) is 0 Å². The van der Waals surface area contributed by atoms with Gasteiger partial charge in [-0.1, -0.05) is 33.1 Å². The van der Waals surface area contributed by atoms with E-state index in [0.29, 0.717) is 13.0 Å². The molecule has 0 aromatic heterocycles. The molecule has 0 aliphatic carbocycles. The molecule has 1 fully saturated rings. The van der Waals surface area contributed by atoms with Crippen LogP contribution in [-0.4, -0.2) is 47.4 Å². The molecule has 1 unspecified atom stereocenters. The topological polar surface area (TPSA) is 125 Å². The molecule has 1 aliphatic rings. The van der Waals surface area contributed by atoms with E-state index < -0.39 is 35.8 Å². The zero-order valence-electron chi connectivity index (χ0n) is 13.6. The van der Waals surface area contributed by atoms with Crippen LogP contribution in [0.1, 0.15) is 46.0 Å². The van der Waals surface area contributed by atoms with E-state index in [2.05, 4.69) is 16.0 Å². The Morgan fingerprint density at radius 1 is 1.17 bits per heavy atom. The van der Waals surface area contributed by atoms with Crippen LogP contribution in [-0.2, 0) is 14.4 Å². The van der Waals surface area contributed by atoms with Crippen molar-refractivity contribution in [3.05, 3.63) is 0 Å². The van der Waals surface area contributed by atoms with Gasteiger partial charge in [0.1, 0.15) is 6.04 Å². The van der Waals surface area contributed by atoms with E-state index in [-0.39, 0.29) is 5.92 Å². The summed E-state index contributed by atoms with van der Waals surface area (Å²) >= 11 is 0. The number of ketones is 1. The van der Waals surface area contributed by atoms with Crippen molar-refractivity contribution in [2.75, 3.05) is 6.54 Å². The summed E-state index contributed by atoms with van der Waals surface area (Å²) in [5, 5.41) is 16.0. The van der Waals surface area contributed by atoms with Crippen LogP contribution in [0, 0.1) is 5.92 Å². The Kier molecular flexibility index (Phi) is 7.50. The fourth-order valence-corrected chi connectivity index (χ4v) is 2.47. The Balaban J connectivity index is 2.78. The summed E-state index contributed by atoms with van der Waals surface area (Å²) in [5.41, 5.74) is 0. The minimum Gasteiger partial charge on any atom is -0.465 e. The van der Waals surface area contributed by atoms with Crippen molar-refractivity contribution in [3.63, 3.8) is 0 Å². The lowest BCUT2D eigenvalue weighted by molar-refractivity contribution is -0.140. The van der Waals surface area contributed by atoms with Crippen molar-refractivity contribution < 1.29 is 24.3 Å². The standard InChI is InChI=1S/C15H25N3O5/c1-9(2)11(18-15(22)23)13(20)17-10-7-5-3-4-6-8-16-14(21)12(10)19/h9-11,18H,3-8H2,1-2H3,(H,16,21)(H,17,20)(H,22,23)/t10-,11?/m0/s1. The third kappa shape index (κ3) is 6.25. The number of rotatable bonds is 4. The first-order chi connectivity index (χ1) is 10.8. The van der Waals surface area contributed by atoms with Gasteiger partial charge in [-0.15, -0.1) is 0 Å². The second-order valence-electron chi connectivity index (χ2n) is 6.06. The Bertz CT molecular complexity index is 464. The van der Waals surface area contributed by atoms with Crippen LogP contribution >= 0.6 is 0 Å². The summed E-state index contributed by atoms with van der Waals surface area (Å²) < 4.78 is 0. The van der Waals surface area contributed by atoms with Gasteiger partial charge in [0.2, 0.25) is 11.7 Å². The molecule has 1 aliphatic heterocycles. The van der Waals surface area contributed by atoms with Gasteiger partial charge >= 0.3 is 6.09 Å². The van der Waals surface area contributed by atoms with Crippen molar-refractivity contribution in [2.45, 2.75) is 58.0 Å². The molecule has 0 aromatic carbocycles. The maximum atomic E-state index is 12.3. The normalized spacial score (nSPS) is 21.3.